The molecule has 0 radical (unpaired) electrons. The van der Waals surface area contributed by atoms with Crippen molar-refractivity contribution in [2.45, 2.75) is 39.7 Å². The Morgan fingerprint density at radius 1 is 1.53 bits per heavy atom. The van der Waals surface area contributed by atoms with Crippen LogP contribution in [0.15, 0.2) is 12.2 Å². The normalized spacial score (nSPS) is 45.4. The highest BCUT2D eigenvalue weighted by atomic mass is 16.2. The molecule has 1 heterocycles. The summed E-state index contributed by atoms with van der Waals surface area (Å²) in [5.74, 6) is 0.556. The van der Waals surface area contributed by atoms with Gasteiger partial charge in [-0.15, -0.1) is 0 Å². The number of ketones is 1. The summed E-state index contributed by atoms with van der Waals surface area (Å²) in [5.41, 5.74) is -0.259. The van der Waals surface area contributed by atoms with Crippen molar-refractivity contribution in [3.05, 3.63) is 12.2 Å². The van der Waals surface area contributed by atoms with Crippen LogP contribution in [0.2, 0.25) is 0 Å². The molecule has 1 aliphatic carbocycles. The fourth-order valence-corrected chi connectivity index (χ4v) is 3.75. The third kappa shape index (κ3) is 1.76. The molecule has 2 N–H and O–H groups in total. The Hall–Kier alpha value is -0.670. The SMILES string of the molecule is CC1CC2CC(C)(CN2)C1(C)C(=O)/C=C/CO. The molecular formula is C14H23NO2. The molecule has 3 heteroatoms. The van der Waals surface area contributed by atoms with Crippen LogP contribution in [0.1, 0.15) is 33.6 Å². The molecule has 0 aromatic rings. The number of nitrogens with one attached hydrogen (secondary N) is 1. The van der Waals surface area contributed by atoms with Crippen LogP contribution in [-0.2, 0) is 4.79 Å². The molecule has 17 heavy (non-hydrogen) atoms. The van der Waals surface area contributed by atoms with Crippen molar-refractivity contribution >= 4 is 5.78 Å². The molecular weight excluding hydrogens is 214 g/mol. The highest BCUT2D eigenvalue weighted by Gasteiger charge is 2.58. The first-order valence-electron chi connectivity index (χ1n) is 6.49. The minimum absolute atomic E-state index is 0.0478. The Kier molecular flexibility index (Phi) is 3.17. The monoisotopic (exact) mass is 237 g/mol. The molecule has 2 fully saturated rings. The van der Waals surface area contributed by atoms with E-state index in [9.17, 15) is 4.79 Å². The van der Waals surface area contributed by atoms with Gasteiger partial charge in [-0.1, -0.05) is 26.8 Å². The molecule has 0 spiro atoms. The van der Waals surface area contributed by atoms with Gasteiger partial charge < -0.3 is 10.4 Å². The second kappa shape index (κ2) is 4.21. The average molecular weight is 237 g/mol. The van der Waals surface area contributed by atoms with Gasteiger partial charge >= 0.3 is 0 Å². The van der Waals surface area contributed by atoms with Crippen LogP contribution in [0.5, 0.6) is 0 Å². The third-order valence-electron chi connectivity index (χ3n) is 5.24. The number of aliphatic hydroxyl groups excluding tert-OH is 1. The molecule has 4 unspecified atom stereocenters. The van der Waals surface area contributed by atoms with E-state index in [2.05, 4.69) is 26.1 Å². The first kappa shape index (κ1) is 12.8. The minimum Gasteiger partial charge on any atom is -0.392 e. The molecule has 1 aliphatic heterocycles. The largest absolute Gasteiger partial charge is 0.392 e. The molecule has 1 saturated heterocycles. The average Bonchev–Trinajstić information content (AvgIpc) is 2.63. The lowest BCUT2D eigenvalue weighted by atomic mass is 9.52. The summed E-state index contributed by atoms with van der Waals surface area (Å²) >= 11 is 0. The van der Waals surface area contributed by atoms with Crippen LogP contribution in [0.3, 0.4) is 0 Å². The van der Waals surface area contributed by atoms with E-state index < -0.39 is 0 Å². The Labute approximate surface area is 103 Å². The van der Waals surface area contributed by atoms with Gasteiger partial charge in [-0.3, -0.25) is 4.79 Å². The predicted octanol–water partition coefficient (Wildman–Crippen LogP) is 1.52. The summed E-state index contributed by atoms with van der Waals surface area (Å²) in [7, 11) is 0. The Morgan fingerprint density at radius 3 is 2.88 bits per heavy atom. The van der Waals surface area contributed by atoms with Crippen molar-refractivity contribution in [1.82, 2.24) is 5.32 Å². The Balaban J connectivity index is 2.32. The lowest BCUT2D eigenvalue weighted by Gasteiger charge is -2.49. The number of rotatable bonds is 3. The van der Waals surface area contributed by atoms with Crippen molar-refractivity contribution in [3.63, 3.8) is 0 Å². The number of aliphatic hydroxyl groups is 1. The van der Waals surface area contributed by atoms with Crippen molar-refractivity contribution in [2.75, 3.05) is 13.2 Å². The van der Waals surface area contributed by atoms with Crippen LogP contribution in [0, 0.1) is 16.7 Å². The molecule has 2 bridgehead atoms. The fourth-order valence-electron chi connectivity index (χ4n) is 3.75. The predicted molar refractivity (Wildman–Crippen MR) is 67.6 cm³/mol. The molecule has 2 aliphatic rings. The van der Waals surface area contributed by atoms with Gasteiger partial charge in [0.05, 0.1) is 6.61 Å². The van der Waals surface area contributed by atoms with E-state index in [4.69, 9.17) is 5.11 Å². The maximum Gasteiger partial charge on any atom is 0.162 e. The minimum atomic E-state index is -0.307. The molecule has 3 nitrogen and oxygen atoms in total. The lowest BCUT2D eigenvalue weighted by molar-refractivity contribution is -0.136. The highest BCUT2D eigenvalue weighted by Crippen LogP contribution is 2.56. The van der Waals surface area contributed by atoms with Crippen molar-refractivity contribution < 1.29 is 9.90 Å². The number of allylic oxidation sites excluding steroid dienone is 1. The van der Waals surface area contributed by atoms with E-state index in [1.807, 2.05) is 0 Å². The smallest absolute Gasteiger partial charge is 0.162 e. The van der Waals surface area contributed by atoms with Gasteiger partial charge in [0, 0.05) is 18.0 Å². The van der Waals surface area contributed by atoms with Gasteiger partial charge in [0.15, 0.2) is 5.78 Å². The third-order valence-corrected chi connectivity index (χ3v) is 5.24. The zero-order valence-electron chi connectivity index (χ0n) is 11.0. The van der Waals surface area contributed by atoms with Gasteiger partial charge in [0.1, 0.15) is 0 Å². The van der Waals surface area contributed by atoms with E-state index in [0.29, 0.717) is 12.0 Å². The fraction of sp³-hybridized carbons (Fsp3) is 0.786. The summed E-state index contributed by atoms with van der Waals surface area (Å²) in [6.45, 7) is 7.37. The quantitative estimate of drug-likeness (QED) is 0.732. The van der Waals surface area contributed by atoms with Gasteiger partial charge in [-0.05, 0) is 30.3 Å². The zero-order chi connectivity index (χ0) is 12.7. The molecule has 0 aromatic heterocycles. The Bertz CT molecular complexity index is 352. The molecule has 0 amide bonds. The van der Waals surface area contributed by atoms with Gasteiger partial charge in [0.25, 0.3) is 0 Å². The van der Waals surface area contributed by atoms with E-state index in [1.54, 1.807) is 12.2 Å². The number of carbonyl (C=O) groups excluding carboxylic acids is 1. The van der Waals surface area contributed by atoms with Crippen molar-refractivity contribution in [3.8, 4) is 0 Å². The number of fused-ring (bicyclic) bond motifs is 2. The summed E-state index contributed by atoms with van der Waals surface area (Å²) in [4.78, 5) is 12.5. The lowest BCUT2D eigenvalue weighted by Crippen LogP contribution is -2.51. The maximum absolute atomic E-state index is 12.5. The van der Waals surface area contributed by atoms with E-state index >= 15 is 0 Å². The van der Waals surface area contributed by atoms with Crippen LogP contribution >= 0.6 is 0 Å². The molecule has 1 saturated carbocycles. The standard InChI is InChI=1S/C14H23NO2/c1-10-7-11-8-13(2,9-15-11)14(10,3)12(17)5-4-6-16/h4-5,10-11,15-16H,6-9H2,1-3H3/b5-4+. The summed E-state index contributed by atoms with van der Waals surface area (Å²) in [6, 6.07) is 0.581. The molecule has 4 atom stereocenters. The highest BCUT2D eigenvalue weighted by molar-refractivity contribution is 5.95. The summed E-state index contributed by atoms with van der Waals surface area (Å²) < 4.78 is 0. The number of carbonyl (C=O) groups is 1. The van der Waals surface area contributed by atoms with Gasteiger partial charge in [-0.2, -0.15) is 0 Å². The van der Waals surface area contributed by atoms with Crippen molar-refractivity contribution in [1.29, 1.82) is 0 Å². The van der Waals surface area contributed by atoms with Gasteiger partial charge in [0.2, 0.25) is 0 Å². The second-order valence-corrected chi connectivity index (χ2v) is 6.13. The van der Waals surface area contributed by atoms with Crippen LogP contribution in [0.4, 0.5) is 0 Å². The topological polar surface area (TPSA) is 49.3 Å². The first-order valence-corrected chi connectivity index (χ1v) is 6.49. The number of hydrogen-bond donors (Lipinski definition) is 2. The van der Waals surface area contributed by atoms with E-state index in [0.717, 1.165) is 19.4 Å². The van der Waals surface area contributed by atoms with Gasteiger partial charge in [-0.25, -0.2) is 0 Å². The van der Waals surface area contributed by atoms with Crippen LogP contribution in [0.25, 0.3) is 0 Å². The van der Waals surface area contributed by atoms with E-state index in [-0.39, 0.29) is 23.2 Å². The van der Waals surface area contributed by atoms with Crippen molar-refractivity contribution in [2.24, 2.45) is 16.7 Å². The molecule has 2 rings (SSSR count). The maximum atomic E-state index is 12.5. The zero-order valence-corrected chi connectivity index (χ0v) is 11.0. The molecule has 96 valence electrons. The Morgan fingerprint density at radius 2 is 2.24 bits per heavy atom. The van der Waals surface area contributed by atoms with Crippen LogP contribution < -0.4 is 5.32 Å². The van der Waals surface area contributed by atoms with Crippen LogP contribution in [-0.4, -0.2) is 30.1 Å². The molecule has 0 aromatic carbocycles. The second-order valence-electron chi connectivity index (χ2n) is 6.13. The summed E-state index contributed by atoms with van der Waals surface area (Å²) in [5, 5.41) is 12.3. The first-order chi connectivity index (χ1) is 7.94. The van der Waals surface area contributed by atoms with E-state index in [1.165, 1.54) is 0 Å². The number of hydrogen-bond acceptors (Lipinski definition) is 3. The summed E-state index contributed by atoms with van der Waals surface area (Å²) in [6.07, 6.45) is 5.29.